The minimum atomic E-state index is -1.99. The molecule has 0 N–H and O–H groups in total. The van der Waals surface area contributed by atoms with Crippen LogP contribution in [0.3, 0.4) is 0 Å². The SMILES string of the molecule is [C-]#[N+]n1c(=O)c2c(n(F)c1=O)n(F)c(=O)n2F. The van der Waals surface area contributed by atoms with Gasteiger partial charge in [0.05, 0.1) is 4.68 Å². The van der Waals surface area contributed by atoms with Crippen molar-refractivity contribution in [3.8, 4) is 0 Å². The molecule has 0 aliphatic heterocycles. The van der Waals surface area contributed by atoms with Crippen molar-refractivity contribution >= 4 is 11.2 Å². The second-order valence-corrected chi connectivity index (χ2v) is 2.80. The van der Waals surface area contributed by atoms with E-state index in [-0.39, 0.29) is 4.68 Å². The molecule has 0 fully saturated rings. The van der Waals surface area contributed by atoms with Gasteiger partial charge in [0.2, 0.25) is 5.65 Å². The van der Waals surface area contributed by atoms with Crippen LogP contribution in [0.25, 0.3) is 16.1 Å². The van der Waals surface area contributed by atoms with Crippen LogP contribution in [-0.2, 0) is 0 Å². The molecule has 2 rings (SSSR count). The van der Waals surface area contributed by atoms with E-state index in [0.29, 0.717) is 0 Å². The Kier molecular flexibility index (Phi) is 1.96. The van der Waals surface area contributed by atoms with Gasteiger partial charge in [-0.15, -0.1) is 14.5 Å². The standard InChI is InChI=1S/C6F3N5O3/c1-10-14-4(15)2-3(13(9)6(14)17)12(8)5(16)11(2)7. The first-order chi connectivity index (χ1) is 7.91. The van der Waals surface area contributed by atoms with Crippen molar-refractivity contribution in [1.29, 1.82) is 0 Å². The maximum absolute atomic E-state index is 13.2. The molecule has 17 heavy (non-hydrogen) atoms. The Morgan fingerprint density at radius 1 is 0.941 bits per heavy atom. The quantitative estimate of drug-likeness (QED) is 0.561. The molecule has 0 saturated heterocycles. The monoisotopic (exact) mass is 247 g/mol. The van der Waals surface area contributed by atoms with E-state index in [1.54, 1.807) is 0 Å². The highest BCUT2D eigenvalue weighted by molar-refractivity contribution is 5.69. The first kappa shape index (κ1) is 10.7. The summed E-state index contributed by atoms with van der Waals surface area (Å²) in [6.07, 6.45) is 0. The van der Waals surface area contributed by atoms with E-state index in [9.17, 15) is 27.8 Å². The molecule has 0 amide bonds. The zero-order valence-corrected chi connectivity index (χ0v) is 7.59. The summed E-state index contributed by atoms with van der Waals surface area (Å²) in [5, 5.41) is 0. The van der Waals surface area contributed by atoms with Gasteiger partial charge in [0.25, 0.3) is 0 Å². The lowest BCUT2D eigenvalue weighted by Gasteiger charge is -1.94. The smallest absolute Gasteiger partial charge is 0.259 e. The van der Waals surface area contributed by atoms with Crippen LogP contribution in [0, 0.1) is 6.57 Å². The van der Waals surface area contributed by atoms with Crippen molar-refractivity contribution in [3.63, 3.8) is 0 Å². The lowest BCUT2D eigenvalue weighted by atomic mass is 10.5. The van der Waals surface area contributed by atoms with Gasteiger partial charge in [-0.2, -0.15) is 6.57 Å². The van der Waals surface area contributed by atoms with E-state index in [1.165, 1.54) is 0 Å². The average Bonchev–Trinajstić information content (AvgIpc) is 2.52. The maximum atomic E-state index is 13.2. The van der Waals surface area contributed by atoms with Gasteiger partial charge in [0.1, 0.15) is 0 Å². The van der Waals surface area contributed by atoms with Gasteiger partial charge >= 0.3 is 16.9 Å². The topological polar surface area (TPSA) is 75.3 Å². The third-order valence-electron chi connectivity index (χ3n) is 1.96. The molecular weight excluding hydrogens is 247 g/mol. The third-order valence-corrected chi connectivity index (χ3v) is 1.96. The molecule has 8 nitrogen and oxygen atoms in total. The molecular formula is C6F3N5O3. The molecule has 0 radical (unpaired) electrons. The van der Waals surface area contributed by atoms with Crippen molar-refractivity contribution in [3.05, 3.63) is 42.8 Å². The van der Waals surface area contributed by atoms with E-state index < -0.39 is 42.5 Å². The van der Waals surface area contributed by atoms with Crippen molar-refractivity contribution < 1.29 is 13.4 Å². The summed E-state index contributed by atoms with van der Waals surface area (Å²) in [4.78, 5) is 32.4. The van der Waals surface area contributed by atoms with Crippen LogP contribution in [0.15, 0.2) is 14.4 Å². The van der Waals surface area contributed by atoms with Gasteiger partial charge in [-0.1, -0.05) is 18.2 Å². The van der Waals surface area contributed by atoms with Crippen LogP contribution in [0.5, 0.6) is 0 Å². The molecule has 2 heterocycles. The molecule has 0 unspecified atom stereocenters. The minimum Gasteiger partial charge on any atom is -0.259 e. The van der Waals surface area contributed by atoms with E-state index in [1.807, 2.05) is 0 Å². The summed E-state index contributed by atoms with van der Waals surface area (Å²) in [5.74, 6) is 0. The van der Waals surface area contributed by atoms with Crippen LogP contribution in [0.1, 0.15) is 0 Å². The fourth-order valence-corrected chi connectivity index (χ4v) is 1.24. The summed E-state index contributed by atoms with van der Waals surface area (Å²) >= 11 is 0. The highest BCUT2D eigenvalue weighted by Crippen LogP contribution is 2.07. The Balaban J connectivity index is 3.36. The van der Waals surface area contributed by atoms with Crippen molar-refractivity contribution in [2.45, 2.75) is 0 Å². The van der Waals surface area contributed by atoms with Gasteiger partial charge in [-0.3, -0.25) is 4.79 Å². The Morgan fingerprint density at radius 2 is 1.47 bits per heavy atom. The second kappa shape index (κ2) is 3.11. The van der Waals surface area contributed by atoms with Gasteiger partial charge in [-0.25, -0.2) is 9.59 Å². The Hall–Kier alpha value is -2.77. The molecule has 0 saturated carbocycles. The van der Waals surface area contributed by atoms with Crippen LogP contribution in [0.4, 0.5) is 13.4 Å². The molecule has 0 bridgehead atoms. The van der Waals surface area contributed by atoms with Gasteiger partial charge < -0.3 is 0 Å². The van der Waals surface area contributed by atoms with Crippen LogP contribution in [-0.4, -0.2) is 19.0 Å². The summed E-state index contributed by atoms with van der Waals surface area (Å²) in [5.41, 5.74) is -8.35. The number of hydrogen-bond acceptors (Lipinski definition) is 3. The first-order valence-electron chi connectivity index (χ1n) is 3.83. The predicted octanol–water partition coefficient (Wildman–Crippen LogP) is -0.993. The van der Waals surface area contributed by atoms with Crippen molar-refractivity contribution in [2.24, 2.45) is 0 Å². The maximum Gasteiger partial charge on any atom is 0.429 e. The van der Waals surface area contributed by atoms with E-state index in [4.69, 9.17) is 6.57 Å². The van der Waals surface area contributed by atoms with Gasteiger partial charge in [0, 0.05) is 0 Å². The second-order valence-electron chi connectivity index (χ2n) is 2.80. The van der Waals surface area contributed by atoms with Crippen molar-refractivity contribution in [1.82, 2.24) is 19.0 Å². The Morgan fingerprint density at radius 3 is 2.00 bits per heavy atom. The third kappa shape index (κ3) is 1.08. The molecule has 0 aliphatic rings. The molecule has 11 heteroatoms. The molecule has 88 valence electrons. The molecule has 0 spiro atoms. The molecule has 2 aromatic heterocycles. The molecule has 0 atom stereocenters. The minimum absolute atomic E-state index is 0.377. The normalized spacial score (nSPS) is 10.7. The predicted molar refractivity (Wildman–Crippen MR) is 46.2 cm³/mol. The summed E-state index contributed by atoms with van der Waals surface area (Å²) < 4.78 is 38.9. The zero-order valence-electron chi connectivity index (χ0n) is 7.59. The number of fused-ring (bicyclic) bond motifs is 1. The number of rotatable bonds is 0. The molecule has 0 aliphatic carbocycles. The zero-order chi connectivity index (χ0) is 12.9. The van der Waals surface area contributed by atoms with Gasteiger partial charge in [0.15, 0.2) is 5.52 Å². The van der Waals surface area contributed by atoms with E-state index in [0.717, 1.165) is 0 Å². The number of hydrogen-bond donors (Lipinski definition) is 0. The Bertz CT molecular complexity index is 847. The summed E-state index contributed by atoms with van der Waals surface area (Å²) in [7, 11) is 0. The number of imidazole rings is 1. The lowest BCUT2D eigenvalue weighted by Crippen LogP contribution is -2.35. The van der Waals surface area contributed by atoms with Crippen LogP contribution in [0.2, 0.25) is 0 Å². The largest absolute Gasteiger partial charge is 0.429 e. The summed E-state index contributed by atoms with van der Waals surface area (Å²) in [6, 6.07) is 0. The number of aromatic nitrogens is 4. The average molecular weight is 247 g/mol. The van der Waals surface area contributed by atoms with Gasteiger partial charge in [-0.05, 0) is 0 Å². The number of halogens is 3. The fraction of sp³-hybridized carbons (Fsp3) is 0. The molecule has 0 aromatic carbocycles. The molecule has 2 aromatic rings. The fourth-order valence-electron chi connectivity index (χ4n) is 1.24. The Labute approximate surface area is 87.5 Å². The number of nitrogens with zero attached hydrogens (tertiary/aromatic N) is 5. The first-order valence-corrected chi connectivity index (χ1v) is 3.83. The van der Waals surface area contributed by atoms with E-state index in [2.05, 4.69) is 4.95 Å². The highest BCUT2D eigenvalue weighted by Gasteiger charge is 2.26. The summed E-state index contributed by atoms with van der Waals surface area (Å²) in [6.45, 7) is 6.43. The van der Waals surface area contributed by atoms with Crippen LogP contribution >= 0.6 is 0 Å². The lowest BCUT2D eigenvalue weighted by molar-refractivity contribution is 0.291. The van der Waals surface area contributed by atoms with E-state index >= 15 is 0 Å². The highest BCUT2D eigenvalue weighted by atomic mass is 19.2. The van der Waals surface area contributed by atoms with Crippen molar-refractivity contribution in [2.75, 3.05) is 0 Å². The van der Waals surface area contributed by atoms with Crippen LogP contribution < -0.4 is 16.9 Å².